The van der Waals surface area contributed by atoms with Crippen molar-refractivity contribution in [3.05, 3.63) is 40.4 Å². The van der Waals surface area contributed by atoms with E-state index in [1.807, 2.05) is 0 Å². The van der Waals surface area contributed by atoms with Gasteiger partial charge in [0.05, 0.1) is 0 Å². The summed E-state index contributed by atoms with van der Waals surface area (Å²) in [6, 6.07) is 4.44. The summed E-state index contributed by atoms with van der Waals surface area (Å²) in [5.74, 6) is 6.18. The van der Waals surface area contributed by atoms with E-state index in [1.54, 1.807) is 13.0 Å². The Balaban J connectivity index is 2.31. The van der Waals surface area contributed by atoms with Crippen LogP contribution in [0, 0.1) is 12.7 Å². The van der Waals surface area contributed by atoms with Crippen LogP contribution in [0.5, 0.6) is 11.6 Å². The van der Waals surface area contributed by atoms with E-state index < -0.39 is 0 Å². The van der Waals surface area contributed by atoms with Crippen LogP contribution in [0.25, 0.3) is 0 Å². The molecule has 0 atom stereocenters. The molecule has 0 fully saturated rings. The fourth-order valence-corrected chi connectivity index (χ4v) is 1.72. The van der Waals surface area contributed by atoms with Crippen LogP contribution < -0.4 is 16.0 Å². The third-order valence-electron chi connectivity index (χ3n) is 2.24. The Morgan fingerprint density at radius 3 is 2.83 bits per heavy atom. The van der Waals surface area contributed by atoms with Gasteiger partial charge in [0.1, 0.15) is 22.4 Å². The van der Waals surface area contributed by atoms with E-state index in [4.69, 9.17) is 10.6 Å². The summed E-state index contributed by atoms with van der Waals surface area (Å²) in [4.78, 5) is 7.86. The number of aryl methyl sites for hydroxylation is 1. The molecule has 0 unspecified atom stereocenters. The van der Waals surface area contributed by atoms with Gasteiger partial charge >= 0.3 is 0 Å². The number of hydrazine groups is 1. The first-order chi connectivity index (χ1) is 8.61. The number of halogens is 2. The lowest BCUT2D eigenvalue weighted by Crippen LogP contribution is -2.09. The van der Waals surface area contributed by atoms with E-state index in [1.165, 1.54) is 18.5 Å². The zero-order chi connectivity index (χ0) is 13.1. The van der Waals surface area contributed by atoms with Crippen LogP contribution in [0.1, 0.15) is 5.56 Å². The molecule has 2 aromatic rings. The number of nitrogens with one attached hydrogen (secondary N) is 1. The maximum absolute atomic E-state index is 13.1. The molecule has 0 radical (unpaired) electrons. The molecule has 0 saturated heterocycles. The first-order valence-corrected chi connectivity index (χ1v) is 5.82. The number of ether oxygens (including phenoxy) is 1. The third kappa shape index (κ3) is 2.57. The predicted molar refractivity (Wildman–Crippen MR) is 68.8 cm³/mol. The smallest absolute Gasteiger partial charge is 0.238 e. The maximum atomic E-state index is 13.1. The molecule has 3 N–H and O–H groups in total. The van der Waals surface area contributed by atoms with Crippen molar-refractivity contribution >= 4 is 21.7 Å². The minimum atomic E-state index is -0.284. The SMILES string of the molecule is Cc1cc(Oc2ncnc(NN)c2Br)ccc1F. The Kier molecular flexibility index (Phi) is 3.73. The Hall–Kier alpha value is -1.73. The van der Waals surface area contributed by atoms with E-state index in [0.717, 1.165) is 0 Å². The minimum Gasteiger partial charge on any atom is -0.438 e. The van der Waals surface area contributed by atoms with Crippen molar-refractivity contribution in [1.82, 2.24) is 9.97 Å². The summed E-state index contributed by atoms with van der Waals surface area (Å²) in [7, 11) is 0. The van der Waals surface area contributed by atoms with Gasteiger partial charge in [0.2, 0.25) is 5.88 Å². The fraction of sp³-hybridized carbons (Fsp3) is 0.0909. The van der Waals surface area contributed by atoms with Crippen molar-refractivity contribution in [1.29, 1.82) is 0 Å². The Labute approximate surface area is 111 Å². The van der Waals surface area contributed by atoms with Crippen molar-refractivity contribution in [3.63, 3.8) is 0 Å². The van der Waals surface area contributed by atoms with Crippen LogP contribution in [-0.2, 0) is 0 Å². The molecule has 0 aliphatic heterocycles. The predicted octanol–water partition coefficient (Wildman–Crippen LogP) is 2.76. The number of hydrogen-bond acceptors (Lipinski definition) is 5. The lowest BCUT2D eigenvalue weighted by atomic mass is 10.2. The number of nitrogens with two attached hydrogens (primary N) is 1. The van der Waals surface area contributed by atoms with Crippen molar-refractivity contribution in [2.24, 2.45) is 5.84 Å². The molecule has 94 valence electrons. The first kappa shape index (κ1) is 12.7. The molecule has 1 aromatic carbocycles. The topological polar surface area (TPSA) is 73.1 Å². The molecule has 5 nitrogen and oxygen atoms in total. The molecule has 0 saturated carbocycles. The van der Waals surface area contributed by atoms with E-state index in [9.17, 15) is 4.39 Å². The second kappa shape index (κ2) is 5.28. The van der Waals surface area contributed by atoms with Gasteiger partial charge in [0.25, 0.3) is 0 Å². The van der Waals surface area contributed by atoms with Gasteiger partial charge in [0, 0.05) is 0 Å². The standard InChI is InChI=1S/C11H10BrFN4O/c1-6-4-7(2-3-8(6)13)18-11-9(12)10(17-14)15-5-16-11/h2-5H,14H2,1H3,(H,15,16,17). The van der Waals surface area contributed by atoms with E-state index in [2.05, 4.69) is 31.3 Å². The van der Waals surface area contributed by atoms with Gasteiger partial charge in [-0.3, -0.25) is 0 Å². The number of hydrogen-bond donors (Lipinski definition) is 2. The van der Waals surface area contributed by atoms with Gasteiger partial charge < -0.3 is 10.2 Å². The van der Waals surface area contributed by atoms with Crippen molar-refractivity contribution in [2.75, 3.05) is 5.43 Å². The first-order valence-electron chi connectivity index (χ1n) is 5.03. The molecule has 0 amide bonds. The second-order valence-electron chi connectivity index (χ2n) is 3.50. The number of nitrogen functional groups attached to an aromatic ring is 1. The minimum absolute atomic E-state index is 0.284. The number of benzene rings is 1. The zero-order valence-corrected chi connectivity index (χ0v) is 11.0. The van der Waals surface area contributed by atoms with Gasteiger partial charge in [-0.15, -0.1) is 0 Å². The summed E-state index contributed by atoms with van der Waals surface area (Å²) in [5.41, 5.74) is 2.90. The highest BCUT2D eigenvalue weighted by atomic mass is 79.9. The van der Waals surface area contributed by atoms with Crippen LogP contribution in [0.3, 0.4) is 0 Å². The highest BCUT2D eigenvalue weighted by Crippen LogP contribution is 2.31. The summed E-state index contributed by atoms with van der Waals surface area (Å²) >= 11 is 3.27. The lowest BCUT2D eigenvalue weighted by Gasteiger charge is -2.09. The second-order valence-corrected chi connectivity index (χ2v) is 4.29. The van der Waals surface area contributed by atoms with Crippen molar-refractivity contribution in [3.8, 4) is 11.6 Å². The van der Waals surface area contributed by atoms with Crippen molar-refractivity contribution in [2.45, 2.75) is 6.92 Å². The maximum Gasteiger partial charge on any atom is 0.238 e. The number of aromatic nitrogens is 2. The van der Waals surface area contributed by atoms with E-state index in [-0.39, 0.29) is 5.82 Å². The summed E-state index contributed by atoms with van der Waals surface area (Å²) in [6.07, 6.45) is 1.31. The molecule has 1 aromatic heterocycles. The fourth-order valence-electron chi connectivity index (χ4n) is 1.32. The zero-order valence-electron chi connectivity index (χ0n) is 9.45. The normalized spacial score (nSPS) is 10.2. The van der Waals surface area contributed by atoms with Crippen LogP contribution in [-0.4, -0.2) is 9.97 Å². The van der Waals surface area contributed by atoms with Crippen molar-refractivity contribution < 1.29 is 9.13 Å². The summed E-state index contributed by atoms with van der Waals surface area (Å²) in [6.45, 7) is 1.66. The summed E-state index contributed by atoms with van der Waals surface area (Å²) < 4.78 is 19.1. The number of rotatable bonds is 3. The van der Waals surface area contributed by atoms with Gasteiger partial charge in [0.15, 0.2) is 5.82 Å². The average Bonchev–Trinajstić information content (AvgIpc) is 2.36. The van der Waals surface area contributed by atoms with Crippen LogP contribution in [0.15, 0.2) is 29.0 Å². The Morgan fingerprint density at radius 2 is 2.17 bits per heavy atom. The monoisotopic (exact) mass is 312 g/mol. The molecule has 18 heavy (non-hydrogen) atoms. The highest BCUT2D eigenvalue weighted by molar-refractivity contribution is 9.10. The quantitative estimate of drug-likeness (QED) is 0.673. The molecule has 1 heterocycles. The Morgan fingerprint density at radius 1 is 1.39 bits per heavy atom. The van der Waals surface area contributed by atoms with E-state index in [0.29, 0.717) is 27.5 Å². The van der Waals surface area contributed by atoms with Gasteiger partial charge in [-0.2, -0.15) is 0 Å². The molecule has 0 aliphatic carbocycles. The Bertz CT molecular complexity index is 579. The molecular weight excluding hydrogens is 303 g/mol. The third-order valence-corrected chi connectivity index (χ3v) is 2.95. The van der Waals surface area contributed by atoms with Crippen LogP contribution in [0.4, 0.5) is 10.2 Å². The average molecular weight is 313 g/mol. The molecule has 0 spiro atoms. The molecule has 0 bridgehead atoms. The molecule has 0 aliphatic rings. The number of anilines is 1. The van der Waals surface area contributed by atoms with E-state index >= 15 is 0 Å². The highest BCUT2D eigenvalue weighted by Gasteiger charge is 2.10. The number of nitrogens with zero attached hydrogens (tertiary/aromatic N) is 2. The molecule has 7 heteroatoms. The van der Waals surface area contributed by atoms with Gasteiger partial charge in [-0.25, -0.2) is 20.2 Å². The van der Waals surface area contributed by atoms with Crippen LogP contribution >= 0.6 is 15.9 Å². The van der Waals surface area contributed by atoms with Gasteiger partial charge in [-0.05, 0) is 46.6 Å². The molecular formula is C11H10BrFN4O. The van der Waals surface area contributed by atoms with Gasteiger partial charge in [-0.1, -0.05) is 0 Å². The summed E-state index contributed by atoms with van der Waals surface area (Å²) in [5, 5.41) is 0. The largest absolute Gasteiger partial charge is 0.438 e. The van der Waals surface area contributed by atoms with Crippen LogP contribution in [0.2, 0.25) is 0 Å². The lowest BCUT2D eigenvalue weighted by molar-refractivity contribution is 0.456. The molecule has 2 rings (SSSR count).